The van der Waals surface area contributed by atoms with Gasteiger partial charge in [0.15, 0.2) is 5.84 Å². The summed E-state index contributed by atoms with van der Waals surface area (Å²) in [6, 6.07) is 15.1. The van der Waals surface area contributed by atoms with Crippen LogP contribution < -0.4 is 10.5 Å². The van der Waals surface area contributed by atoms with E-state index in [9.17, 15) is 0 Å². The van der Waals surface area contributed by atoms with Gasteiger partial charge in [0.05, 0.1) is 0 Å². The fraction of sp³-hybridized carbons (Fsp3) is 0.188. The van der Waals surface area contributed by atoms with Crippen molar-refractivity contribution in [2.24, 2.45) is 10.9 Å². The third-order valence-corrected chi connectivity index (χ3v) is 3.02. The average molecular weight is 270 g/mol. The van der Waals surface area contributed by atoms with E-state index in [1.165, 1.54) is 5.56 Å². The Hall–Kier alpha value is -2.49. The molecule has 3 N–H and O–H groups in total. The maximum absolute atomic E-state index is 8.61. The molecule has 20 heavy (non-hydrogen) atoms. The molecule has 2 aromatic rings. The second-order valence-electron chi connectivity index (χ2n) is 4.84. The minimum Gasteiger partial charge on any atom is -0.457 e. The van der Waals surface area contributed by atoms with Crippen molar-refractivity contribution < 1.29 is 9.94 Å². The summed E-state index contributed by atoms with van der Waals surface area (Å²) in [6.07, 6.45) is 0. The molecule has 0 aliphatic carbocycles. The van der Waals surface area contributed by atoms with Crippen molar-refractivity contribution in [2.75, 3.05) is 0 Å². The van der Waals surface area contributed by atoms with Gasteiger partial charge >= 0.3 is 0 Å². The molecule has 0 atom stereocenters. The lowest BCUT2D eigenvalue weighted by Crippen LogP contribution is -2.12. The van der Waals surface area contributed by atoms with E-state index in [4.69, 9.17) is 15.7 Å². The van der Waals surface area contributed by atoms with Gasteiger partial charge in [-0.15, -0.1) is 0 Å². The number of benzene rings is 2. The van der Waals surface area contributed by atoms with Crippen molar-refractivity contribution in [2.45, 2.75) is 19.8 Å². The zero-order chi connectivity index (χ0) is 14.5. The number of hydrogen-bond donors (Lipinski definition) is 2. The molecular weight excluding hydrogens is 252 g/mol. The summed E-state index contributed by atoms with van der Waals surface area (Å²) in [4.78, 5) is 0. The monoisotopic (exact) mass is 270 g/mol. The number of ether oxygens (including phenoxy) is 1. The van der Waals surface area contributed by atoms with Crippen molar-refractivity contribution in [3.8, 4) is 11.5 Å². The van der Waals surface area contributed by atoms with Crippen molar-refractivity contribution >= 4 is 5.84 Å². The lowest BCUT2D eigenvalue weighted by molar-refractivity contribution is 0.318. The third-order valence-electron chi connectivity index (χ3n) is 3.02. The molecule has 4 heteroatoms. The van der Waals surface area contributed by atoms with Gasteiger partial charge in [-0.1, -0.05) is 31.1 Å². The fourth-order valence-electron chi connectivity index (χ4n) is 1.82. The third kappa shape index (κ3) is 3.29. The van der Waals surface area contributed by atoms with E-state index in [-0.39, 0.29) is 5.84 Å². The van der Waals surface area contributed by atoms with Gasteiger partial charge in [0.2, 0.25) is 0 Å². The molecule has 2 aromatic carbocycles. The fourth-order valence-corrected chi connectivity index (χ4v) is 1.82. The van der Waals surface area contributed by atoms with E-state index in [1.807, 2.05) is 18.2 Å². The zero-order valence-electron chi connectivity index (χ0n) is 11.6. The van der Waals surface area contributed by atoms with Gasteiger partial charge in [-0.3, -0.25) is 0 Å². The first kappa shape index (κ1) is 13.9. The number of nitrogens with two attached hydrogens (primary N) is 1. The Kier molecular flexibility index (Phi) is 4.25. The van der Waals surface area contributed by atoms with Crippen LogP contribution in [0.4, 0.5) is 0 Å². The summed E-state index contributed by atoms with van der Waals surface area (Å²) in [5.41, 5.74) is 7.39. The van der Waals surface area contributed by atoms with E-state index < -0.39 is 0 Å². The van der Waals surface area contributed by atoms with Crippen molar-refractivity contribution in [1.82, 2.24) is 0 Å². The lowest BCUT2D eigenvalue weighted by Gasteiger charge is -2.10. The van der Waals surface area contributed by atoms with Crippen molar-refractivity contribution in [1.29, 1.82) is 0 Å². The largest absolute Gasteiger partial charge is 0.457 e. The number of rotatable bonds is 4. The Morgan fingerprint density at radius 1 is 1.10 bits per heavy atom. The highest BCUT2D eigenvalue weighted by Crippen LogP contribution is 2.25. The minimum atomic E-state index is 0.0818. The van der Waals surface area contributed by atoms with Gasteiger partial charge in [0, 0.05) is 5.56 Å². The Balaban J connectivity index is 2.16. The highest BCUT2D eigenvalue weighted by molar-refractivity contribution is 5.97. The Morgan fingerprint density at radius 3 is 2.40 bits per heavy atom. The quantitative estimate of drug-likeness (QED) is 0.385. The first-order valence-electron chi connectivity index (χ1n) is 6.46. The molecule has 0 aromatic heterocycles. The summed E-state index contributed by atoms with van der Waals surface area (Å²) >= 11 is 0. The summed E-state index contributed by atoms with van der Waals surface area (Å²) in [5.74, 6) is 2.05. The molecule has 104 valence electrons. The van der Waals surface area contributed by atoms with Gasteiger partial charge < -0.3 is 15.7 Å². The summed E-state index contributed by atoms with van der Waals surface area (Å²) in [6.45, 7) is 4.29. The number of nitrogens with zero attached hydrogens (tertiary/aromatic N) is 1. The van der Waals surface area contributed by atoms with E-state index in [0.717, 1.165) is 5.75 Å². The van der Waals surface area contributed by atoms with Crippen LogP contribution in [0.2, 0.25) is 0 Å². The molecule has 0 saturated heterocycles. The molecule has 0 aliphatic heterocycles. The molecule has 4 nitrogen and oxygen atoms in total. The number of oxime groups is 1. The Morgan fingerprint density at radius 2 is 1.80 bits per heavy atom. The Bertz CT molecular complexity index is 604. The predicted molar refractivity (Wildman–Crippen MR) is 79.6 cm³/mol. The van der Waals surface area contributed by atoms with E-state index in [0.29, 0.717) is 17.2 Å². The maximum Gasteiger partial charge on any atom is 0.170 e. The average Bonchev–Trinajstić information content (AvgIpc) is 2.47. The van der Waals surface area contributed by atoms with Crippen molar-refractivity contribution in [3.63, 3.8) is 0 Å². The van der Waals surface area contributed by atoms with Crippen molar-refractivity contribution in [3.05, 3.63) is 59.7 Å². The smallest absolute Gasteiger partial charge is 0.170 e. The molecule has 0 radical (unpaired) electrons. The molecule has 0 bridgehead atoms. The van der Waals surface area contributed by atoms with Crippen LogP contribution in [0.3, 0.4) is 0 Å². The molecule has 0 fully saturated rings. The molecule has 0 aliphatic rings. The standard InChI is InChI=1S/C16H18N2O2/c1-11(2)13-4-3-5-15(10-13)20-14-8-6-12(7-9-14)16(17)18-19/h3-11,19H,1-2H3,(H2,17,18). The summed E-state index contributed by atoms with van der Waals surface area (Å²) in [5, 5.41) is 11.6. The zero-order valence-corrected chi connectivity index (χ0v) is 11.6. The van der Waals surface area contributed by atoms with Gasteiger partial charge in [-0.05, 0) is 47.9 Å². The minimum absolute atomic E-state index is 0.0818. The maximum atomic E-state index is 8.61. The molecule has 0 unspecified atom stereocenters. The van der Waals surface area contributed by atoms with Gasteiger partial charge in [-0.2, -0.15) is 0 Å². The van der Waals surface area contributed by atoms with Crippen LogP contribution in [0.15, 0.2) is 53.7 Å². The second-order valence-corrected chi connectivity index (χ2v) is 4.84. The Labute approximate surface area is 118 Å². The molecule has 0 heterocycles. The van der Waals surface area contributed by atoms with Crippen LogP contribution >= 0.6 is 0 Å². The predicted octanol–water partition coefficient (Wildman–Crippen LogP) is 3.70. The number of hydrogen-bond acceptors (Lipinski definition) is 3. The molecular formula is C16H18N2O2. The van der Waals surface area contributed by atoms with E-state index >= 15 is 0 Å². The highest BCUT2D eigenvalue weighted by atomic mass is 16.5. The van der Waals surface area contributed by atoms with Crippen LogP contribution in [0, 0.1) is 0 Å². The lowest BCUT2D eigenvalue weighted by atomic mass is 10.0. The SMILES string of the molecule is CC(C)c1cccc(Oc2ccc(/C(N)=N/O)cc2)c1. The molecule has 0 spiro atoms. The van der Waals surface area contributed by atoms with Crippen LogP contribution in [0.25, 0.3) is 0 Å². The van der Waals surface area contributed by atoms with Gasteiger partial charge in [0.25, 0.3) is 0 Å². The van der Waals surface area contributed by atoms with Gasteiger partial charge in [-0.25, -0.2) is 0 Å². The topological polar surface area (TPSA) is 67.8 Å². The van der Waals surface area contributed by atoms with E-state index in [1.54, 1.807) is 24.3 Å². The van der Waals surface area contributed by atoms with Crippen LogP contribution in [-0.2, 0) is 0 Å². The molecule has 2 rings (SSSR count). The second kappa shape index (κ2) is 6.10. The number of amidine groups is 1. The van der Waals surface area contributed by atoms with E-state index in [2.05, 4.69) is 25.1 Å². The first-order valence-corrected chi connectivity index (χ1v) is 6.46. The van der Waals surface area contributed by atoms with Crippen LogP contribution in [0.1, 0.15) is 30.9 Å². The van der Waals surface area contributed by atoms with Crippen LogP contribution in [-0.4, -0.2) is 11.0 Å². The molecule has 0 amide bonds. The van der Waals surface area contributed by atoms with Gasteiger partial charge in [0.1, 0.15) is 11.5 Å². The van der Waals surface area contributed by atoms with Crippen LogP contribution in [0.5, 0.6) is 11.5 Å². The molecule has 0 saturated carbocycles. The summed E-state index contributed by atoms with van der Waals surface area (Å²) < 4.78 is 5.79. The summed E-state index contributed by atoms with van der Waals surface area (Å²) in [7, 11) is 0. The highest BCUT2D eigenvalue weighted by Gasteiger charge is 2.03. The normalized spacial score (nSPS) is 11.7. The first-order chi connectivity index (χ1) is 9.60.